The number of halogens is 2. The number of rotatable bonds is 20. The first kappa shape index (κ1) is 44.0. The number of nitrogens with zero attached hydrogens (tertiary/aromatic N) is 2. The Hall–Kier alpha value is -4.03. The number of benzene rings is 3. The van der Waals surface area contributed by atoms with Crippen molar-refractivity contribution in [3.8, 4) is 17.2 Å². The molecule has 0 heterocycles. The molecule has 50 heavy (non-hydrogen) atoms. The van der Waals surface area contributed by atoms with Crippen molar-refractivity contribution in [3.63, 3.8) is 0 Å². The zero-order valence-electron chi connectivity index (χ0n) is 29.8. The second-order valence-corrected chi connectivity index (χ2v) is 11.9. The number of amides is 3. The van der Waals surface area contributed by atoms with Gasteiger partial charge in [0, 0.05) is 25.6 Å². The highest BCUT2D eigenvalue weighted by atomic mass is 35.5. The molecule has 0 atom stereocenters. The lowest BCUT2D eigenvalue weighted by molar-refractivity contribution is -0.121. The summed E-state index contributed by atoms with van der Waals surface area (Å²) in [6.07, 6.45) is 4.53. The number of anilines is 2. The molecule has 0 fully saturated rings. The van der Waals surface area contributed by atoms with Gasteiger partial charge in [0.15, 0.2) is 0 Å². The van der Waals surface area contributed by atoms with E-state index in [1.807, 2.05) is 39.2 Å². The number of nitrogens with two attached hydrogens (primary N) is 1. The van der Waals surface area contributed by atoms with Crippen LogP contribution in [0.1, 0.15) is 64.8 Å². The van der Waals surface area contributed by atoms with Crippen molar-refractivity contribution >= 4 is 53.9 Å². The van der Waals surface area contributed by atoms with E-state index in [1.54, 1.807) is 49.5 Å². The summed E-state index contributed by atoms with van der Waals surface area (Å²) in [4.78, 5) is 42.5. The van der Waals surface area contributed by atoms with Crippen molar-refractivity contribution in [2.45, 2.75) is 45.4 Å². The van der Waals surface area contributed by atoms with Gasteiger partial charge in [-0.05, 0) is 114 Å². The van der Waals surface area contributed by atoms with Gasteiger partial charge >= 0.3 is 0 Å². The molecule has 0 aliphatic rings. The first-order valence-electron chi connectivity index (χ1n) is 16.5. The minimum atomic E-state index is -0.367. The van der Waals surface area contributed by atoms with E-state index < -0.39 is 0 Å². The van der Waals surface area contributed by atoms with Crippen LogP contribution in [0.25, 0.3) is 0 Å². The van der Waals surface area contributed by atoms with Crippen molar-refractivity contribution in [1.82, 2.24) is 10.2 Å². The molecule has 13 heteroatoms. The summed E-state index contributed by atoms with van der Waals surface area (Å²) in [6, 6.07) is 17.6. The molecule has 0 radical (unpaired) electrons. The third-order valence-electron chi connectivity index (χ3n) is 7.63. The zero-order chi connectivity index (χ0) is 34.9. The molecule has 11 nitrogen and oxygen atoms in total. The van der Waals surface area contributed by atoms with Gasteiger partial charge in [-0.2, -0.15) is 0 Å². The predicted octanol–water partition coefficient (Wildman–Crippen LogP) is 6.11. The van der Waals surface area contributed by atoms with E-state index in [-0.39, 0.29) is 42.5 Å². The van der Waals surface area contributed by atoms with Crippen LogP contribution in [-0.4, -0.2) is 83.7 Å². The third kappa shape index (κ3) is 14.1. The maximum Gasteiger partial charge on any atom is 0.259 e. The van der Waals surface area contributed by atoms with Gasteiger partial charge in [0.25, 0.3) is 11.8 Å². The molecule has 276 valence electrons. The van der Waals surface area contributed by atoms with E-state index in [1.165, 1.54) is 12.0 Å². The summed E-state index contributed by atoms with van der Waals surface area (Å²) >= 11 is 0. The summed E-state index contributed by atoms with van der Waals surface area (Å²) in [7, 11) is 7.22. The van der Waals surface area contributed by atoms with E-state index >= 15 is 0 Å². The first-order chi connectivity index (χ1) is 23.1. The van der Waals surface area contributed by atoms with Crippen LogP contribution >= 0.6 is 24.8 Å². The Morgan fingerprint density at radius 2 is 1.52 bits per heavy atom. The van der Waals surface area contributed by atoms with Crippen molar-refractivity contribution < 1.29 is 28.6 Å². The molecule has 3 amide bonds. The summed E-state index contributed by atoms with van der Waals surface area (Å²) < 4.78 is 17.4. The smallest absolute Gasteiger partial charge is 0.259 e. The Labute approximate surface area is 309 Å². The number of nitrogens with one attached hydrogen (secondary N) is 2. The molecule has 0 saturated heterocycles. The highest BCUT2D eigenvalue weighted by Crippen LogP contribution is 2.32. The lowest BCUT2D eigenvalue weighted by atomic mass is 10.1. The second kappa shape index (κ2) is 23.4. The Morgan fingerprint density at radius 3 is 2.24 bits per heavy atom. The predicted molar refractivity (Wildman–Crippen MR) is 205 cm³/mol. The molecule has 0 spiro atoms. The van der Waals surface area contributed by atoms with E-state index in [0.29, 0.717) is 78.9 Å². The monoisotopic (exact) mass is 733 g/mol. The van der Waals surface area contributed by atoms with Crippen molar-refractivity contribution in [3.05, 3.63) is 77.4 Å². The number of ether oxygens (including phenoxy) is 3. The lowest BCUT2D eigenvalue weighted by Crippen LogP contribution is -2.27. The molecule has 3 aromatic rings. The van der Waals surface area contributed by atoms with Crippen molar-refractivity contribution in [2.75, 3.05) is 71.3 Å². The largest absolute Gasteiger partial charge is 0.495 e. The SMILES string of the molecule is COc1cc(C(=O)N(C)c2ccc(C)cc2OCCCCCC(=O)NCCCN(C)C)ccc1NC(=O)c1ccccc1OCCCN.Cl.Cl. The lowest BCUT2D eigenvalue weighted by Gasteiger charge is -2.22. The molecule has 0 bridgehead atoms. The molecule has 0 aromatic heterocycles. The van der Waals surface area contributed by atoms with Crippen molar-refractivity contribution in [1.29, 1.82) is 0 Å². The highest BCUT2D eigenvalue weighted by Gasteiger charge is 2.21. The number of para-hydroxylation sites is 1. The highest BCUT2D eigenvalue weighted by molar-refractivity contribution is 6.09. The molecule has 0 aliphatic heterocycles. The molecule has 0 unspecified atom stereocenters. The van der Waals surface area contributed by atoms with Crippen LogP contribution in [0.15, 0.2) is 60.7 Å². The number of aryl methyl sites for hydroxylation is 1. The van der Waals surface area contributed by atoms with E-state index in [0.717, 1.165) is 37.8 Å². The van der Waals surface area contributed by atoms with Crippen LogP contribution in [0.3, 0.4) is 0 Å². The number of hydrogen-bond donors (Lipinski definition) is 3. The van der Waals surface area contributed by atoms with Crippen LogP contribution in [0.4, 0.5) is 11.4 Å². The summed E-state index contributed by atoms with van der Waals surface area (Å²) in [5.41, 5.74) is 8.37. The van der Waals surface area contributed by atoms with E-state index in [9.17, 15) is 14.4 Å². The minimum absolute atomic E-state index is 0. The van der Waals surface area contributed by atoms with Crippen LogP contribution in [-0.2, 0) is 4.79 Å². The Morgan fingerprint density at radius 1 is 0.800 bits per heavy atom. The first-order valence-corrected chi connectivity index (χ1v) is 16.5. The molecule has 3 aromatic carbocycles. The molecule has 3 rings (SSSR count). The van der Waals surface area contributed by atoms with Gasteiger partial charge in [0.1, 0.15) is 17.2 Å². The van der Waals surface area contributed by atoms with Gasteiger partial charge in [-0.3, -0.25) is 14.4 Å². The van der Waals surface area contributed by atoms with Crippen molar-refractivity contribution in [2.24, 2.45) is 5.73 Å². The molecule has 0 aliphatic carbocycles. The summed E-state index contributed by atoms with van der Waals surface area (Å²) in [5, 5.41) is 5.84. The van der Waals surface area contributed by atoms with Crippen LogP contribution in [0.2, 0.25) is 0 Å². The van der Waals surface area contributed by atoms with Crippen LogP contribution in [0.5, 0.6) is 17.2 Å². The van der Waals surface area contributed by atoms with E-state index in [4.69, 9.17) is 19.9 Å². The van der Waals surface area contributed by atoms with Crippen LogP contribution < -0.4 is 35.5 Å². The normalized spacial score (nSPS) is 10.4. The number of carbonyl (C=O) groups excluding carboxylic acids is 3. The summed E-state index contributed by atoms with van der Waals surface area (Å²) in [5.74, 6) is 0.848. The minimum Gasteiger partial charge on any atom is -0.495 e. The molecular formula is C37H53Cl2N5O6. The number of carbonyl (C=O) groups is 3. The Bertz CT molecular complexity index is 1510. The number of unbranched alkanes of at least 4 members (excludes halogenated alkanes) is 2. The number of methoxy groups -OCH3 is 1. The van der Waals surface area contributed by atoms with Gasteiger partial charge in [0.2, 0.25) is 5.91 Å². The van der Waals surface area contributed by atoms with E-state index in [2.05, 4.69) is 15.5 Å². The fourth-order valence-electron chi connectivity index (χ4n) is 4.94. The fourth-order valence-corrected chi connectivity index (χ4v) is 4.94. The van der Waals surface area contributed by atoms with Gasteiger partial charge in [0.05, 0.1) is 37.3 Å². The standard InChI is InChI=1S/C37H51N5O6.2ClH/c1-27-16-19-31(34(25-27)48-23-10-6-7-15-35(43)39-21-12-22-41(2)3)42(4)37(45)28-17-18-30(33(26-28)46-5)40-36(44)29-13-8-9-14-32(29)47-24-11-20-38;;/h8-9,13-14,16-19,25-26H,6-7,10-12,15,20-24,38H2,1-5H3,(H,39,43)(H,40,44);2*1H. The average Bonchev–Trinajstić information content (AvgIpc) is 3.08. The third-order valence-corrected chi connectivity index (χ3v) is 7.63. The average molecular weight is 735 g/mol. The number of hydrogen-bond acceptors (Lipinski definition) is 8. The maximum absolute atomic E-state index is 13.6. The van der Waals surface area contributed by atoms with Crippen LogP contribution in [0, 0.1) is 6.92 Å². The quantitative estimate of drug-likeness (QED) is 0.118. The molecule has 4 N–H and O–H groups in total. The summed E-state index contributed by atoms with van der Waals surface area (Å²) in [6.45, 7) is 4.97. The topological polar surface area (TPSA) is 135 Å². The maximum atomic E-state index is 13.6. The van der Waals surface area contributed by atoms with Gasteiger partial charge < -0.3 is 40.4 Å². The Balaban J connectivity index is 0.00000625. The fraction of sp³-hybridized carbons (Fsp3) is 0.432. The molecular weight excluding hydrogens is 681 g/mol. The van der Waals surface area contributed by atoms with Gasteiger partial charge in [-0.25, -0.2) is 0 Å². The Kier molecular flexibility index (Phi) is 20.6. The molecule has 0 saturated carbocycles. The second-order valence-electron chi connectivity index (χ2n) is 11.9. The van der Waals surface area contributed by atoms with Gasteiger partial charge in [-0.1, -0.05) is 18.2 Å². The van der Waals surface area contributed by atoms with Gasteiger partial charge in [-0.15, -0.1) is 24.8 Å². The zero-order valence-corrected chi connectivity index (χ0v) is 31.4.